The minimum absolute atomic E-state index is 0.0352. The topological polar surface area (TPSA) is 305 Å². The number of carbonyl (C=O) groups is 3. The minimum Gasteiger partial charge on any atom is -0.449 e. The van der Waals surface area contributed by atoms with Crippen LogP contribution in [-0.4, -0.2) is 162 Å². The van der Waals surface area contributed by atoms with Crippen LogP contribution in [-0.2, 0) is 44.2 Å². The molecule has 1 fully saturated rings. The van der Waals surface area contributed by atoms with Crippen LogP contribution in [0, 0.1) is 11.8 Å². The number of aliphatic hydroxyl groups excluding tert-OH is 2. The molecular weight excluding hydrogens is 860 g/mol. The van der Waals surface area contributed by atoms with Gasteiger partial charge in [0.05, 0.1) is 52.2 Å². The molecule has 1 saturated heterocycles. The highest BCUT2D eigenvalue weighted by molar-refractivity contribution is 7.97. The van der Waals surface area contributed by atoms with E-state index in [-0.39, 0.29) is 31.3 Å². The predicted molar refractivity (Wildman–Crippen MR) is 235 cm³/mol. The van der Waals surface area contributed by atoms with E-state index in [9.17, 15) is 29.0 Å². The number of nitrogens with two attached hydrogens (primary N) is 1. The molecule has 2 amide bonds. The van der Waals surface area contributed by atoms with Gasteiger partial charge in [0.1, 0.15) is 42.8 Å². The van der Waals surface area contributed by atoms with Crippen LogP contribution in [0.25, 0.3) is 21.6 Å². The van der Waals surface area contributed by atoms with E-state index in [1.54, 1.807) is 24.3 Å². The number of aromatic nitrogens is 4. The van der Waals surface area contributed by atoms with Gasteiger partial charge in [0, 0.05) is 60.3 Å². The van der Waals surface area contributed by atoms with Crippen molar-refractivity contribution in [1.29, 1.82) is 0 Å². The number of amides is 2. The van der Waals surface area contributed by atoms with Crippen molar-refractivity contribution < 1.29 is 52.7 Å². The maximum Gasteiger partial charge on any atom is 0.294 e. The second-order valence-corrected chi connectivity index (χ2v) is 16.2. The van der Waals surface area contributed by atoms with Gasteiger partial charge in [-0.2, -0.15) is 5.10 Å². The quantitative estimate of drug-likeness (QED) is 0.00503. The highest BCUT2D eigenvalue weighted by Gasteiger charge is 2.47. The molecule has 0 aliphatic carbocycles. The van der Waals surface area contributed by atoms with E-state index in [2.05, 4.69) is 58.0 Å². The highest BCUT2D eigenvalue weighted by Crippen LogP contribution is 2.33. The van der Waals surface area contributed by atoms with Gasteiger partial charge in [-0.25, -0.2) is 24.8 Å². The van der Waals surface area contributed by atoms with Gasteiger partial charge in [-0.15, -0.1) is 0 Å². The lowest BCUT2D eigenvalue weighted by Gasteiger charge is -2.17. The normalized spacial score (nSPS) is 17.9. The number of nitrogens with one attached hydrogen (secondary N) is 3. The first-order valence-electron chi connectivity index (χ1n) is 20.6. The van der Waals surface area contributed by atoms with Crippen LogP contribution in [0.1, 0.15) is 54.3 Å². The molecule has 3 aromatic rings. The first kappa shape index (κ1) is 51.2. The molecule has 24 heteroatoms. The van der Waals surface area contributed by atoms with Gasteiger partial charge in [-0.05, 0) is 42.0 Å². The van der Waals surface area contributed by atoms with Crippen LogP contribution >= 0.6 is 0 Å². The molecule has 1 aliphatic rings. The monoisotopic (exact) mass is 915 g/mol. The first-order chi connectivity index (χ1) is 31.2. The van der Waals surface area contributed by atoms with Gasteiger partial charge >= 0.3 is 0 Å². The van der Waals surface area contributed by atoms with Crippen molar-refractivity contribution in [3.05, 3.63) is 58.5 Å². The number of hydrogen-bond donors (Lipinski definition) is 6. The Morgan fingerprint density at radius 1 is 1.05 bits per heavy atom. The summed E-state index contributed by atoms with van der Waals surface area (Å²) in [5.41, 5.74) is 18.5. The number of unbranched alkanes of at least 4 members (excludes halogenated alkanes) is 2. The van der Waals surface area contributed by atoms with Crippen LogP contribution in [0.3, 0.4) is 0 Å². The van der Waals surface area contributed by atoms with Crippen LogP contribution in [0.5, 0.6) is 0 Å². The first-order valence-corrected chi connectivity index (χ1v) is 22.4. The smallest absolute Gasteiger partial charge is 0.294 e. The van der Waals surface area contributed by atoms with Crippen LogP contribution < -0.4 is 21.8 Å². The van der Waals surface area contributed by atoms with E-state index in [0.717, 1.165) is 0 Å². The molecule has 0 radical (unpaired) electrons. The summed E-state index contributed by atoms with van der Waals surface area (Å²) in [4.78, 5) is 50.9. The Hall–Kier alpha value is -5.48. The van der Waals surface area contributed by atoms with E-state index in [0.29, 0.717) is 124 Å². The van der Waals surface area contributed by atoms with Gasteiger partial charge in [-0.3, -0.25) is 24.7 Å². The third kappa shape index (κ3) is 17.9. The highest BCUT2D eigenvalue weighted by atomic mass is 32.2. The summed E-state index contributed by atoms with van der Waals surface area (Å²) >= 11 is 0. The number of imidazole rings is 1. The van der Waals surface area contributed by atoms with Crippen LogP contribution in [0.15, 0.2) is 47.1 Å². The van der Waals surface area contributed by atoms with Crippen molar-refractivity contribution in [1.82, 2.24) is 30.3 Å². The molecule has 1 aromatic carbocycles. The summed E-state index contributed by atoms with van der Waals surface area (Å²) in [5.74, 6) is 7.47. The zero-order chi connectivity index (χ0) is 45.8. The molecule has 0 spiro atoms. The number of carbonyl (C=O) groups excluding carboxylic acids is 3. The van der Waals surface area contributed by atoms with Gasteiger partial charge in [-0.1, -0.05) is 23.2 Å². The maximum atomic E-state index is 12.8. The van der Waals surface area contributed by atoms with Crippen molar-refractivity contribution in [2.24, 2.45) is 15.9 Å². The molecule has 64 heavy (non-hydrogen) atoms. The number of azide groups is 1. The molecular formula is C40H56FN12O10S+. The zero-order valence-corrected chi connectivity index (χ0v) is 36.2. The number of hydrogen-bond acceptors (Lipinski definition) is 17. The average Bonchev–Trinajstić information content (AvgIpc) is 3.85. The standard InChI is InChI=1S/C40H55FN12O10S/c41-12-13-44-37-34-38(47-26-46-37)53(27-48-34)40-36(57)35(56)31(63-40)25-64(23-11-32(42)62-28-54)22-5-3-1-2-4-6-33(55)51-50-24-29-7-9-30(10-8-29)39(58)45-14-16-59-18-20-61-21-19-60-17-15-49-52-43/h7-10,24,26-28,31-32,35-36,40,56-57H,1-2,4,6,11-23,25,42H2,(H2-,44,45,46,47,51,55,58)/p+1/t31-,32?,35?,36+,40-,64?/m1/s1. The Morgan fingerprint density at radius 2 is 1.81 bits per heavy atom. The second-order valence-electron chi connectivity index (χ2n) is 13.9. The summed E-state index contributed by atoms with van der Waals surface area (Å²) < 4.78 is 41.4. The maximum absolute atomic E-state index is 12.8. The molecule has 3 unspecified atom stereocenters. The third-order valence-electron chi connectivity index (χ3n) is 9.29. The minimum atomic E-state index is -1.30. The lowest BCUT2D eigenvalue weighted by molar-refractivity contribution is -0.133. The number of aliphatic hydroxyl groups is 2. The molecule has 7 N–H and O–H groups in total. The van der Waals surface area contributed by atoms with E-state index in [1.807, 2.05) is 0 Å². The number of benzene rings is 1. The van der Waals surface area contributed by atoms with Crippen molar-refractivity contribution in [2.75, 3.05) is 88.5 Å². The van der Waals surface area contributed by atoms with E-state index in [4.69, 9.17) is 34.9 Å². The Balaban J connectivity index is 1.12. The number of hydrazone groups is 1. The summed E-state index contributed by atoms with van der Waals surface area (Å²) in [6.07, 6.45) is 1.50. The molecule has 2 aromatic heterocycles. The molecule has 0 saturated carbocycles. The number of rotatable bonds is 31. The van der Waals surface area contributed by atoms with Crippen LogP contribution in [0.2, 0.25) is 0 Å². The predicted octanol–water partition coefficient (Wildman–Crippen LogP) is 1.10. The Labute approximate surface area is 372 Å². The number of nitrogens with zero attached hydrogens (tertiary/aromatic N) is 8. The summed E-state index contributed by atoms with van der Waals surface area (Å²) in [6, 6.07) is 6.74. The lowest BCUT2D eigenvalue weighted by atomic mass is 10.1. The van der Waals surface area contributed by atoms with Gasteiger partial charge in [0.25, 0.3) is 12.4 Å². The molecule has 22 nitrogen and oxygen atoms in total. The number of halogens is 1. The van der Waals surface area contributed by atoms with E-state index < -0.39 is 48.3 Å². The summed E-state index contributed by atoms with van der Waals surface area (Å²) in [5, 5.41) is 35.0. The summed E-state index contributed by atoms with van der Waals surface area (Å²) in [7, 11) is -0.473. The van der Waals surface area contributed by atoms with E-state index in [1.165, 1.54) is 23.4 Å². The molecule has 4 rings (SSSR count). The number of anilines is 1. The molecule has 6 atom stereocenters. The average molecular weight is 916 g/mol. The molecule has 348 valence electrons. The SMILES string of the molecule is [N-]=[N+]=NCCOCCOCCOCCNC(=O)c1ccc(/C=N\NC(=O)CCCCC#CC[S+](CCC(N)OC=O)C[C@H]2O[C@@H](n3cnc4c(NCCF)ncnc43)[C@@H](O)C2O)cc1. The van der Waals surface area contributed by atoms with Crippen molar-refractivity contribution in [2.45, 2.75) is 62.9 Å². The Morgan fingerprint density at radius 3 is 2.56 bits per heavy atom. The van der Waals surface area contributed by atoms with Gasteiger partial charge in [0.15, 0.2) is 35.2 Å². The van der Waals surface area contributed by atoms with Crippen molar-refractivity contribution >= 4 is 52.4 Å². The lowest BCUT2D eigenvalue weighted by Crippen LogP contribution is -2.37. The van der Waals surface area contributed by atoms with Gasteiger partial charge in [0.2, 0.25) is 5.91 Å². The van der Waals surface area contributed by atoms with Crippen molar-refractivity contribution in [3.63, 3.8) is 0 Å². The van der Waals surface area contributed by atoms with Crippen molar-refractivity contribution in [3.8, 4) is 11.8 Å². The largest absolute Gasteiger partial charge is 0.449 e. The zero-order valence-electron chi connectivity index (χ0n) is 35.3. The third-order valence-corrected chi connectivity index (χ3v) is 11.5. The molecule has 0 bridgehead atoms. The number of fused-ring (bicyclic) bond motifs is 1. The fraction of sp³-hybridized carbons (Fsp3) is 0.575. The Kier molecular flexibility index (Phi) is 23.8. The second kappa shape index (κ2) is 29.8. The fourth-order valence-corrected chi connectivity index (χ4v) is 8.07. The summed E-state index contributed by atoms with van der Waals surface area (Å²) in [6.45, 7) is 2.52. The van der Waals surface area contributed by atoms with E-state index >= 15 is 0 Å². The number of alkyl halides is 1. The van der Waals surface area contributed by atoms with Crippen LogP contribution in [0.4, 0.5) is 10.2 Å². The molecule has 1 aliphatic heterocycles. The Bertz CT molecular complexity index is 2020. The van der Waals surface area contributed by atoms with Gasteiger partial charge < -0.3 is 44.5 Å². The number of ether oxygens (including phenoxy) is 5. The fourth-order valence-electron chi connectivity index (χ4n) is 6.03. The molecule has 3 heterocycles.